The van der Waals surface area contributed by atoms with Crippen molar-refractivity contribution >= 4 is 11.9 Å². The fourth-order valence-electron chi connectivity index (χ4n) is 12.6. The molecule has 0 aliphatic carbocycles. The van der Waals surface area contributed by atoms with E-state index in [4.69, 9.17) is 4.74 Å². The fraction of sp³-hybridized carbons (Fsp3) is 0.949. The van der Waals surface area contributed by atoms with E-state index < -0.39 is 12.1 Å². The zero-order valence-corrected chi connectivity index (χ0v) is 57.4. The molecule has 0 aromatic carbocycles. The highest BCUT2D eigenvalue weighted by Gasteiger charge is 2.20. The number of esters is 1. The molecule has 500 valence electrons. The topological polar surface area (TPSA) is 95.9 Å². The van der Waals surface area contributed by atoms with Crippen molar-refractivity contribution in [2.24, 2.45) is 0 Å². The largest absolute Gasteiger partial charge is 0.466 e. The average molecular weight is 1190 g/mol. The van der Waals surface area contributed by atoms with Gasteiger partial charge in [-0.15, -0.1) is 0 Å². The molecule has 1 amide bonds. The predicted octanol–water partition coefficient (Wildman–Crippen LogP) is 25.5. The SMILES string of the molecule is CCCCCCCCCCCCCCCCCCCCCCCC(O)C(CO)NC(=O)CCCCCCCCCCCCCCCC/C=C\CCCCCCCCCCCCCCOC(=O)CCCCCCCCCCCCCCCCCC. The van der Waals surface area contributed by atoms with Crippen LogP contribution in [0.2, 0.25) is 0 Å². The van der Waals surface area contributed by atoms with Crippen molar-refractivity contribution in [2.45, 2.75) is 463 Å². The normalized spacial score (nSPS) is 12.5. The summed E-state index contributed by atoms with van der Waals surface area (Å²) < 4.78 is 5.51. The van der Waals surface area contributed by atoms with Gasteiger partial charge in [-0.25, -0.2) is 0 Å². The first-order valence-corrected chi connectivity index (χ1v) is 38.9. The second-order valence-corrected chi connectivity index (χ2v) is 27.0. The Morgan fingerprint density at radius 2 is 0.560 bits per heavy atom. The summed E-state index contributed by atoms with van der Waals surface area (Å²) in [5.41, 5.74) is 0. The molecule has 0 saturated carbocycles. The monoisotopic (exact) mass is 1180 g/mol. The van der Waals surface area contributed by atoms with Gasteiger partial charge in [0.05, 0.1) is 25.4 Å². The number of ether oxygens (including phenoxy) is 1. The zero-order valence-electron chi connectivity index (χ0n) is 57.4. The Kier molecular flexibility index (Phi) is 72.8. The van der Waals surface area contributed by atoms with Gasteiger partial charge in [0.15, 0.2) is 0 Å². The second-order valence-electron chi connectivity index (χ2n) is 27.0. The number of aliphatic hydroxyl groups is 2. The van der Waals surface area contributed by atoms with Crippen molar-refractivity contribution in [1.29, 1.82) is 0 Å². The lowest BCUT2D eigenvalue weighted by Crippen LogP contribution is -2.45. The number of carbonyl (C=O) groups is 2. The van der Waals surface area contributed by atoms with Crippen LogP contribution in [-0.4, -0.2) is 47.4 Å². The first kappa shape index (κ1) is 82.6. The molecule has 6 heteroatoms. The van der Waals surface area contributed by atoms with E-state index in [2.05, 4.69) is 31.3 Å². The Balaban J connectivity index is 3.35. The van der Waals surface area contributed by atoms with Crippen molar-refractivity contribution in [3.63, 3.8) is 0 Å². The zero-order chi connectivity index (χ0) is 60.6. The molecule has 0 saturated heterocycles. The molecule has 2 unspecified atom stereocenters. The van der Waals surface area contributed by atoms with Crippen LogP contribution in [0.4, 0.5) is 0 Å². The number of carbonyl (C=O) groups excluding carboxylic acids is 2. The highest BCUT2D eigenvalue weighted by molar-refractivity contribution is 5.76. The quantitative estimate of drug-likeness (QED) is 0.0320. The summed E-state index contributed by atoms with van der Waals surface area (Å²) >= 11 is 0. The van der Waals surface area contributed by atoms with Crippen molar-refractivity contribution in [1.82, 2.24) is 5.32 Å². The third-order valence-electron chi connectivity index (χ3n) is 18.6. The van der Waals surface area contributed by atoms with Crippen LogP contribution in [0.3, 0.4) is 0 Å². The van der Waals surface area contributed by atoms with Gasteiger partial charge >= 0.3 is 5.97 Å². The number of aliphatic hydroxyl groups excluding tert-OH is 2. The van der Waals surface area contributed by atoms with Crippen LogP contribution in [0.25, 0.3) is 0 Å². The van der Waals surface area contributed by atoms with Gasteiger partial charge in [-0.1, -0.05) is 398 Å². The van der Waals surface area contributed by atoms with E-state index in [1.54, 1.807) is 0 Å². The molecule has 84 heavy (non-hydrogen) atoms. The minimum atomic E-state index is -0.664. The Morgan fingerprint density at radius 1 is 0.321 bits per heavy atom. The number of unbranched alkanes of at least 4 members (excludes halogenated alkanes) is 61. The summed E-state index contributed by atoms with van der Waals surface area (Å²) in [6.07, 6.45) is 92.9. The van der Waals surface area contributed by atoms with E-state index in [0.29, 0.717) is 25.9 Å². The van der Waals surface area contributed by atoms with Gasteiger partial charge in [0.2, 0.25) is 5.91 Å². The Morgan fingerprint density at radius 3 is 0.845 bits per heavy atom. The van der Waals surface area contributed by atoms with Crippen LogP contribution >= 0.6 is 0 Å². The van der Waals surface area contributed by atoms with Crippen molar-refractivity contribution in [3.8, 4) is 0 Å². The number of amides is 1. The van der Waals surface area contributed by atoms with E-state index in [-0.39, 0.29) is 18.5 Å². The molecule has 0 aromatic rings. The molecule has 0 spiro atoms. The summed E-state index contributed by atoms with van der Waals surface area (Å²) in [4.78, 5) is 24.7. The van der Waals surface area contributed by atoms with Gasteiger partial charge in [-0.3, -0.25) is 9.59 Å². The summed E-state index contributed by atoms with van der Waals surface area (Å²) in [6.45, 7) is 5.01. The number of nitrogens with one attached hydrogen (secondary N) is 1. The van der Waals surface area contributed by atoms with Crippen LogP contribution < -0.4 is 5.32 Å². The molecular weight excluding hydrogens is 1030 g/mol. The molecule has 2 atom stereocenters. The Labute approximate surface area is 527 Å². The second kappa shape index (κ2) is 74.1. The minimum Gasteiger partial charge on any atom is -0.466 e. The lowest BCUT2D eigenvalue weighted by Gasteiger charge is -2.22. The molecule has 0 aromatic heterocycles. The summed E-state index contributed by atoms with van der Waals surface area (Å²) in [7, 11) is 0. The minimum absolute atomic E-state index is 0.0219. The molecule has 0 radical (unpaired) electrons. The Hall–Kier alpha value is -1.40. The van der Waals surface area contributed by atoms with Crippen molar-refractivity contribution in [2.75, 3.05) is 13.2 Å². The van der Waals surface area contributed by atoms with Gasteiger partial charge < -0.3 is 20.3 Å². The summed E-state index contributed by atoms with van der Waals surface area (Å²) in [6, 6.07) is -0.541. The van der Waals surface area contributed by atoms with E-state index in [9.17, 15) is 19.8 Å². The molecule has 0 bridgehead atoms. The van der Waals surface area contributed by atoms with Gasteiger partial charge in [0, 0.05) is 12.8 Å². The molecule has 0 heterocycles. The molecule has 0 fully saturated rings. The van der Waals surface area contributed by atoms with Gasteiger partial charge in [-0.05, 0) is 51.4 Å². The average Bonchev–Trinajstić information content (AvgIpc) is 3.51. The molecule has 0 rings (SSSR count). The maximum atomic E-state index is 12.6. The van der Waals surface area contributed by atoms with Crippen LogP contribution in [-0.2, 0) is 14.3 Å². The third kappa shape index (κ3) is 69.7. The lowest BCUT2D eigenvalue weighted by molar-refractivity contribution is -0.143. The van der Waals surface area contributed by atoms with Crippen molar-refractivity contribution < 1.29 is 24.5 Å². The smallest absolute Gasteiger partial charge is 0.305 e. The summed E-state index contributed by atoms with van der Waals surface area (Å²) in [5.74, 6) is -0.00606. The van der Waals surface area contributed by atoms with E-state index >= 15 is 0 Å². The van der Waals surface area contributed by atoms with Gasteiger partial charge in [0.25, 0.3) is 0 Å². The maximum absolute atomic E-state index is 12.6. The highest BCUT2D eigenvalue weighted by atomic mass is 16.5. The molecule has 6 nitrogen and oxygen atoms in total. The van der Waals surface area contributed by atoms with Crippen LogP contribution in [0.5, 0.6) is 0 Å². The molecule has 0 aliphatic rings. The highest BCUT2D eigenvalue weighted by Crippen LogP contribution is 2.20. The van der Waals surface area contributed by atoms with E-state index in [1.807, 2.05) is 0 Å². The first-order chi connectivity index (χ1) is 41.5. The van der Waals surface area contributed by atoms with Gasteiger partial charge in [-0.2, -0.15) is 0 Å². The van der Waals surface area contributed by atoms with E-state index in [1.165, 1.54) is 379 Å². The third-order valence-corrected chi connectivity index (χ3v) is 18.6. The number of hydrogen-bond acceptors (Lipinski definition) is 5. The predicted molar refractivity (Wildman–Crippen MR) is 370 cm³/mol. The number of allylic oxidation sites excluding steroid dienone is 2. The lowest BCUT2D eigenvalue weighted by atomic mass is 10.0. The van der Waals surface area contributed by atoms with Gasteiger partial charge in [0.1, 0.15) is 0 Å². The summed E-state index contributed by atoms with van der Waals surface area (Å²) in [5, 5.41) is 23.4. The standard InChI is InChI=1S/C78H153NO5/c1-3-5-7-9-11-13-15-17-19-21-22-33-36-39-42-46-50-54-58-62-66-70-76(81)75(74-80)79-77(82)71-67-63-59-55-51-47-43-40-37-34-31-29-27-25-23-24-26-28-30-32-35-38-41-45-49-53-57-61-65-69-73-84-78(83)72-68-64-60-56-52-48-44-20-18-16-14-12-10-8-6-4-2/h24,26,75-76,80-81H,3-23,25,27-74H2,1-2H3,(H,79,82)/b26-24-. The Bertz CT molecular complexity index is 1270. The molecule has 0 aliphatic heterocycles. The fourth-order valence-corrected chi connectivity index (χ4v) is 12.6. The first-order valence-electron chi connectivity index (χ1n) is 38.9. The maximum Gasteiger partial charge on any atom is 0.305 e. The number of rotatable bonds is 74. The van der Waals surface area contributed by atoms with E-state index in [0.717, 1.165) is 38.5 Å². The number of hydrogen-bond donors (Lipinski definition) is 3. The molecular formula is C78H153NO5. The van der Waals surface area contributed by atoms with Crippen molar-refractivity contribution in [3.05, 3.63) is 12.2 Å². The van der Waals surface area contributed by atoms with Crippen LogP contribution in [0, 0.1) is 0 Å². The van der Waals surface area contributed by atoms with Crippen LogP contribution in [0.1, 0.15) is 450 Å². The molecule has 3 N–H and O–H groups in total. The van der Waals surface area contributed by atoms with Crippen LogP contribution in [0.15, 0.2) is 12.2 Å².